The van der Waals surface area contributed by atoms with Gasteiger partial charge in [-0.3, -0.25) is 4.79 Å². The van der Waals surface area contributed by atoms with Crippen LogP contribution in [0.4, 0.5) is 0 Å². The number of rotatable bonds is 5. The maximum Gasteiger partial charge on any atom is 0.309 e. The summed E-state index contributed by atoms with van der Waals surface area (Å²) in [6, 6.07) is 0. The van der Waals surface area contributed by atoms with Crippen molar-refractivity contribution in [1.82, 2.24) is 0 Å². The summed E-state index contributed by atoms with van der Waals surface area (Å²) in [5, 5.41) is 9.57. The summed E-state index contributed by atoms with van der Waals surface area (Å²) >= 11 is 0. The van der Waals surface area contributed by atoms with Crippen molar-refractivity contribution in [1.29, 1.82) is 0 Å². The maximum absolute atomic E-state index is 10.8. The Hall–Kier alpha value is -0.830. The minimum absolute atomic E-state index is 0.112. The lowest BCUT2D eigenvalue weighted by molar-refractivity contribution is -0.147. The first-order chi connectivity index (χ1) is 7.24. The van der Waals surface area contributed by atoms with Crippen molar-refractivity contribution >= 4 is 5.97 Å². The Balaban J connectivity index is 2.23. The summed E-state index contributed by atoms with van der Waals surface area (Å²) < 4.78 is 4.87. The van der Waals surface area contributed by atoms with Crippen molar-refractivity contribution in [3.05, 3.63) is 11.6 Å². The third-order valence-electron chi connectivity index (χ3n) is 2.65. The Morgan fingerprint density at radius 2 is 2.27 bits per heavy atom. The van der Waals surface area contributed by atoms with E-state index in [2.05, 4.69) is 6.92 Å². The number of aliphatic hydroxyl groups excluding tert-OH is 1. The number of aliphatic hydroxyl groups is 1. The van der Waals surface area contributed by atoms with Crippen molar-refractivity contribution in [2.45, 2.75) is 51.6 Å². The molecule has 15 heavy (non-hydrogen) atoms. The number of cyclic esters (lactones) is 1. The molecule has 1 aliphatic rings. The first-order valence-corrected chi connectivity index (χ1v) is 5.76. The van der Waals surface area contributed by atoms with Crippen molar-refractivity contribution in [2.24, 2.45) is 0 Å². The largest absolute Gasteiger partial charge is 0.461 e. The Morgan fingerprint density at radius 1 is 1.47 bits per heavy atom. The second-order valence-electron chi connectivity index (χ2n) is 4.01. The highest BCUT2D eigenvalue weighted by atomic mass is 16.5. The number of hydrogen-bond acceptors (Lipinski definition) is 3. The number of allylic oxidation sites excluding steroid dienone is 1. The molecule has 1 saturated heterocycles. The van der Waals surface area contributed by atoms with Crippen molar-refractivity contribution in [3.8, 4) is 0 Å². The van der Waals surface area contributed by atoms with Crippen LogP contribution in [0.1, 0.15) is 45.4 Å². The quantitative estimate of drug-likeness (QED) is 0.431. The van der Waals surface area contributed by atoms with E-state index in [4.69, 9.17) is 4.74 Å². The van der Waals surface area contributed by atoms with Gasteiger partial charge in [-0.05, 0) is 18.4 Å². The summed E-state index contributed by atoms with van der Waals surface area (Å²) in [6.07, 6.45) is 7.38. The molecule has 0 aromatic carbocycles. The number of unbranched alkanes of at least 4 members (excludes halogenated alkanes) is 4. The first kappa shape index (κ1) is 12.2. The van der Waals surface area contributed by atoms with E-state index in [9.17, 15) is 9.90 Å². The lowest BCUT2D eigenvalue weighted by Crippen LogP contribution is -2.27. The molecule has 1 atom stereocenters. The molecule has 0 aliphatic carbocycles. The Kier molecular flexibility index (Phi) is 5.40. The zero-order chi connectivity index (χ0) is 11.1. The van der Waals surface area contributed by atoms with Gasteiger partial charge in [0.15, 0.2) is 0 Å². The first-order valence-electron chi connectivity index (χ1n) is 5.76. The molecule has 1 unspecified atom stereocenters. The summed E-state index contributed by atoms with van der Waals surface area (Å²) in [4.78, 5) is 10.8. The predicted octanol–water partition coefficient (Wildman–Crippen LogP) is 2.19. The molecule has 1 fully saturated rings. The van der Waals surface area contributed by atoms with Gasteiger partial charge >= 0.3 is 5.97 Å². The standard InChI is InChI=1S/C12H20O3/c1-2-3-4-5-6-7-10-9-15-12(14)8-11(10)13/h7,11,13H,2-6,8-9H2,1H3/b10-7+. The molecule has 0 spiro atoms. The van der Waals surface area contributed by atoms with Gasteiger partial charge in [-0.15, -0.1) is 0 Å². The van der Waals surface area contributed by atoms with Crippen LogP contribution in [-0.2, 0) is 9.53 Å². The fraction of sp³-hybridized carbons (Fsp3) is 0.750. The topological polar surface area (TPSA) is 46.5 Å². The van der Waals surface area contributed by atoms with Crippen LogP contribution in [0.25, 0.3) is 0 Å². The van der Waals surface area contributed by atoms with Gasteiger partial charge in [-0.2, -0.15) is 0 Å². The molecule has 1 N–H and O–H groups in total. The highest BCUT2D eigenvalue weighted by Crippen LogP contribution is 2.16. The van der Waals surface area contributed by atoms with Gasteiger partial charge in [0.2, 0.25) is 0 Å². The molecular weight excluding hydrogens is 192 g/mol. The summed E-state index contributed by atoms with van der Waals surface area (Å²) in [7, 11) is 0. The van der Waals surface area contributed by atoms with Crippen LogP contribution in [-0.4, -0.2) is 23.8 Å². The molecular formula is C12H20O3. The molecule has 1 heterocycles. The minimum atomic E-state index is -0.613. The van der Waals surface area contributed by atoms with Crippen molar-refractivity contribution in [3.63, 3.8) is 0 Å². The molecule has 3 heteroatoms. The molecule has 0 amide bonds. The van der Waals surface area contributed by atoms with E-state index in [-0.39, 0.29) is 19.0 Å². The number of ether oxygens (including phenoxy) is 1. The Morgan fingerprint density at radius 3 is 2.93 bits per heavy atom. The fourth-order valence-corrected chi connectivity index (χ4v) is 1.66. The van der Waals surface area contributed by atoms with Crippen LogP contribution >= 0.6 is 0 Å². The van der Waals surface area contributed by atoms with Crippen LogP contribution in [0.5, 0.6) is 0 Å². The highest BCUT2D eigenvalue weighted by molar-refractivity contribution is 5.72. The second-order valence-corrected chi connectivity index (χ2v) is 4.01. The summed E-state index contributed by atoms with van der Waals surface area (Å²) in [5.74, 6) is -0.300. The van der Waals surface area contributed by atoms with Gasteiger partial charge in [0.1, 0.15) is 6.61 Å². The maximum atomic E-state index is 10.8. The van der Waals surface area contributed by atoms with Gasteiger partial charge in [-0.25, -0.2) is 0 Å². The third-order valence-corrected chi connectivity index (χ3v) is 2.65. The summed E-state index contributed by atoms with van der Waals surface area (Å²) in [5.41, 5.74) is 0.867. The minimum Gasteiger partial charge on any atom is -0.461 e. The average Bonchev–Trinajstić information content (AvgIpc) is 2.20. The van der Waals surface area contributed by atoms with Crippen LogP contribution < -0.4 is 0 Å². The Bertz CT molecular complexity index is 233. The SMILES string of the molecule is CCCCCC/C=C1\COC(=O)CC1O. The van der Waals surface area contributed by atoms with Crippen LogP contribution in [0.2, 0.25) is 0 Å². The van der Waals surface area contributed by atoms with E-state index in [1.165, 1.54) is 19.3 Å². The number of carbonyl (C=O) groups is 1. The predicted molar refractivity (Wildman–Crippen MR) is 58.4 cm³/mol. The number of carbonyl (C=O) groups excluding carboxylic acids is 1. The second kappa shape index (κ2) is 6.62. The van der Waals surface area contributed by atoms with Gasteiger partial charge in [0, 0.05) is 0 Å². The number of esters is 1. The molecule has 1 rings (SSSR count). The molecule has 1 aliphatic heterocycles. The molecule has 0 saturated carbocycles. The van der Waals surface area contributed by atoms with Gasteiger partial charge < -0.3 is 9.84 Å². The molecule has 0 aromatic rings. The molecule has 86 valence electrons. The molecule has 0 bridgehead atoms. The monoisotopic (exact) mass is 212 g/mol. The van der Waals surface area contributed by atoms with E-state index in [1.807, 2.05) is 6.08 Å². The van der Waals surface area contributed by atoms with E-state index in [0.29, 0.717) is 0 Å². The lowest BCUT2D eigenvalue weighted by atomic mass is 10.0. The zero-order valence-electron chi connectivity index (χ0n) is 9.37. The van der Waals surface area contributed by atoms with Crippen LogP contribution in [0.3, 0.4) is 0 Å². The van der Waals surface area contributed by atoms with E-state index in [0.717, 1.165) is 18.4 Å². The smallest absolute Gasteiger partial charge is 0.309 e. The van der Waals surface area contributed by atoms with Gasteiger partial charge in [0.25, 0.3) is 0 Å². The van der Waals surface area contributed by atoms with Crippen molar-refractivity contribution < 1.29 is 14.6 Å². The summed E-state index contributed by atoms with van der Waals surface area (Å²) in [6.45, 7) is 2.45. The van der Waals surface area contributed by atoms with Gasteiger partial charge in [0.05, 0.1) is 12.5 Å². The zero-order valence-corrected chi connectivity index (χ0v) is 9.37. The highest BCUT2D eigenvalue weighted by Gasteiger charge is 2.22. The van der Waals surface area contributed by atoms with E-state index >= 15 is 0 Å². The van der Waals surface area contributed by atoms with E-state index < -0.39 is 6.10 Å². The van der Waals surface area contributed by atoms with Crippen LogP contribution in [0.15, 0.2) is 11.6 Å². The normalized spacial score (nSPS) is 24.3. The lowest BCUT2D eigenvalue weighted by Gasteiger charge is -2.20. The average molecular weight is 212 g/mol. The van der Waals surface area contributed by atoms with Gasteiger partial charge in [-0.1, -0.05) is 32.3 Å². The van der Waals surface area contributed by atoms with Crippen molar-refractivity contribution in [2.75, 3.05) is 6.61 Å². The molecule has 0 aromatic heterocycles. The Labute approximate surface area is 91.1 Å². The van der Waals surface area contributed by atoms with Crippen LogP contribution in [0, 0.1) is 0 Å². The fourth-order valence-electron chi connectivity index (χ4n) is 1.66. The molecule has 3 nitrogen and oxygen atoms in total. The number of hydrogen-bond donors (Lipinski definition) is 1. The van der Waals surface area contributed by atoms with E-state index in [1.54, 1.807) is 0 Å². The third kappa shape index (κ3) is 4.47. The molecule has 0 radical (unpaired) electrons.